The predicted octanol–water partition coefficient (Wildman–Crippen LogP) is 1.24. The minimum Gasteiger partial charge on any atom is -0.391 e. The molecule has 1 aliphatic heterocycles. The molecule has 1 aromatic carbocycles. The molecule has 2 amide bonds. The highest BCUT2D eigenvalue weighted by atomic mass is 32.2. The van der Waals surface area contributed by atoms with Gasteiger partial charge in [-0.05, 0) is 49.7 Å². The summed E-state index contributed by atoms with van der Waals surface area (Å²) in [4.78, 5) is 27.7. The van der Waals surface area contributed by atoms with Gasteiger partial charge in [-0.1, -0.05) is 18.2 Å². The molecule has 3 fully saturated rings. The number of rotatable bonds is 7. The van der Waals surface area contributed by atoms with Crippen molar-refractivity contribution in [3.8, 4) is 0 Å². The van der Waals surface area contributed by atoms with Crippen LogP contribution in [0.5, 0.6) is 0 Å². The van der Waals surface area contributed by atoms with Crippen molar-refractivity contribution in [3.05, 3.63) is 30.3 Å². The van der Waals surface area contributed by atoms with Crippen molar-refractivity contribution in [3.63, 3.8) is 0 Å². The van der Waals surface area contributed by atoms with E-state index in [1.54, 1.807) is 0 Å². The van der Waals surface area contributed by atoms with E-state index in [4.69, 9.17) is 0 Å². The van der Waals surface area contributed by atoms with Crippen LogP contribution >= 0.6 is 11.8 Å². The highest BCUT2D eigenvalue weighted by Gasteiger charge is 2.42. The maximum absolute atomic E-state index is 12.3. The zero-order valence-corrected chi connectivity index (χ0v) is 16.9. The van der Waals surface area contributed by atoms with Crippen molar-refractivity contribution < 1.29 is 14.7 Å². The van der Waals surface area contributed by atoms with E-state index < -0.39 is 6.10 Å². The molecular formula is C21H29N3O3S. The highest BCUT2D eigenvalue weighted by Crippen LogP contribution is 2.36. The van der Waals surface area contributed by atoms with Crippen molar-refractivity contribution in [2.24, 2.45) is 11.8 Å². The van der Waals surface area contributed by atoms with Crippen LogP contribution in [0.3, 0.4) is 0 Å². The average Bonchev–Trinajstić information content (AvgIpc) is 3.40. The number of hydrogen-bond acceptors (Lipinski definition) is 5. The topological polar surface area (TPSA) is 81.7 Å². The molecule has 2 aliphatic carbocycles. The fourth-order valence-corrected chi connectivity index (χ4v) is 5.16. The molecule has 0 aromatic heterocycles. The van der Waals surface area contributed by atoms with E-state index in [0.29, 0.717) is 36.6 Å². The van der Waals surface area contributed by atoms with Crippen LogP contribution < -0.4 is 10.6 Å². The van der Waals surface area contributed by atoms with E-state index in [1.165, 1.54) is 11.8 Å². The Morgan fingerprint density at radius 2 is 1.75 bits per heavy atom. The second-order valence-electron chi connectivity index (χ2n) is 8.37. The normalized spacial score (nSPS) is 29.9. The van der Waals surface area contributed by atoms with Gasteiger partial charge in [-0.25, -0.2) is 0 Å². The lowest BCUT2D eigenvalue weighted by Gasteiger charge is -2.35. The number of nitrogens with one attached hydrogen (secondary N) is 2. The van der Waals surface area contributed by atoms with E-state index in [2.05, 4.69) is 15.5 Å². The molecule has 1 aromatic rings. The summed E-state index contributed by atoms with van der Waals surface area (Å²) in [5.74, 6) is 1.29. The van der Waals surface area contributed by atoms with Crippen LogP contribution in [-0.2, 0) is 9.59 Å². The first-order chi connectivity index (χ1) is 13.6. The summed E-state index contributed by atoms with van der Waals surface area (Å²) in [5, 5.41) is 16.6. The van der Waals surface area contributed by atoms with Crippen LogP contribution in [0.2, 0.25) is 0 Å². The van der Waals surface area contributed by atoms with Gasteiger partial charge < -0.3 is 15.7 Å². The molecule has 0 spiro atoms. The van der Waals surface area contributed by atoms with E-state index >= 15 is 0 Å². The molecule has 3 N–H and O–H groups in total. The van der Waals surface area contributed by atoms with Gasteiger partial charge in [0.05, 0.1) is 24.4 Å². The van der Waals surface area contributed by atoms with Gasteiger partial charge in [0.2, 0.25) is 11.8 Å². The molecule has 1 heterocycles. The minimum atomic E-state index is -0.507. The first-order valence-electron chi connectivity index (χ1n) is 10.2. The fraction of sp³-hybridized carbons (Fsp3) is 0.619. The summed E-state index contributed by atoms with van der Waals surface area (Å²) in [6.07, 6.45) is 3.18. The molecule has 0 bridgehead atoms. The third kappa shape index (κ3) is 5.27. The molecule has 4 rings (SSSR count). The SMILES string of the molecule is O=C(CN1C[C@H]2C[C@H](O)[C@@H](NC(=O)CSc3ccccc3)C[C@H]2C1)NC1CC1. The second-order valence-corrected chi connectivity index (χ2v) is 9.42. The van der Waals surface area contributed by atoms with Gasteiger partial charge in [0.25, 0.3) is 0 Å². The van der Waals surface area contributed by atoms with Crippen molar-refractivity contribution >= 4 is 23.6 Å². The van der Waals surface area contributed by atoms with Gasteiger partial charge in [-0.15, -0.1) is 11.8 Å². The molecule has 4 atom stereocenters. The number of aliphatic hydroxyl groups excluding tert-OH is 1. The van der Waals surface area contributed by atoms with Crippen molar-refractivity contribution in [1.29, 1.82) is 0 Å². The number of fused-ring (bicyclic) bond motifs is 1. The van der Waals surface area contributed by atoms with Crippen LogP contribution in [0.25, 0.3) is 0 Å². The lowest BCUT2D eigenvalue weighted by Crippen LogP contribution is -2.49. The summed E-state index contributed by atoms with van der Waals surface area (Å²) >= 11 is 1.51. The number of aliphatic hydroxyl groups is 1. The number of thioether (sulfide) groups is 1. The standard InChI is InChI=1S/C21H29N3O3S/c25-19-9-15-11-24(12-20(26)22-16-6-7-16)10-14(15)8-18(19)23-21(27)13-28-17-4-2-1-3-5-17/h1-5,14-16,18-19,25H,6-13H2,(H,22,26)(H,23,27)/t14-,15+,18-,19-/m0/s1. The van der Waals surface area contributed by atoms with E-state index in [1.807, 2.05) is 30.3 Å². The molecule has 6 nitrogen and oxygen atoms in total. The van der Waals surface area contributed by atoms with E-state index in [9.17, 15) is 14.7 Å². The molecule has 3 aliphatic rings. The molecular weight excluding hydrogens is 374 g/mol. The predicted molar refractivity (Wildman–Crippen MR) is 109 cm³/mol. The third-order valence-corrected chi connectivity index (χ3v) is 7.00. The summed E-state index contributed by atoms with van der Waals surface area (Å²) in [5.41, 5.74) is 0. The van der Waals surface area contributed by atoms with Crippen LogP contribution in [0.4, 0.5) is 0 Å². The largest absolute Gasteiger partial charge is 0.391 e. The zero-order chi connectivity index (χ0) is 19.5. The van der Waals surface area contributed by atoms with Gasteiger partial charge in [0.1, 0.15) is 0 Å². The average molecular weight is 404 g/mol. The minimum absolute atomic E-state index is 0.0324. The van der Waals surface area contributed by atoms with Gasteiger partial charge in [0.15, 0.2) is 0 Å². The molecule has 28 heavy (non-hydrogen) atoms. The van der Waals surface area contributed by atoms with Gasteiger partial charge in [-0.2, -0.15) is 0 Å². The Bertz CT molecular complexity index is 697. The van der Waals surface area contributed by atoms with Gasteiger partial charge in [0, 0.05) is 24.0 Å². The Morgan fingerprint density at radius 3 is 2.46 bits per heavy atom. The van der Waals surface area contributed by atoms with E-state index in [-0.39, 0.29) is 17.9 Å². The summed E-state index contributed by atoms with van der Waals surface area (Å²) < 4.78 is 0. The molecule has 152 valence electrons. The van der Waals surface area contributed by atoms with Crippen LogP contribution in [0.15, 0.2) is 35.2 Å². The number of nitrogens with zero attached hydrogens (tertiary/aromatic N) is 1. The van der Waals surface area contributed by atoms with Crippen molar-refractivity contribution in [2.75, 3.05) is 25.4 Å². The van der Waals surface area contributed by atoms with Crippen molar-refractivity contribution in [1.82, 2.24) is 15.5 Å². The Kier molecular flexibility index (Phi) is 6.23. The number of carbonyl (C=O) groups is 2. The number of carbonyl (C=O) groups excluding carboxylic acids is 2. The number of hydrogen-bond donors (Lipinski definition) is 3. The number of likely N-dealkylation sites (tertiary alicyclic amines) is 1. The summed E-state index contributed by atoms with van der Waals surface area (Å²) in [6, 6.07) is 10.1. The number of benzene rings is 1. The Hall–Kier alpha value is -1.57. The first kappa shape index (κ1) is 19.7. The maximum Gasteiger partial charge on any atom is 0.234 e. The number of amides is 2. The lowest BCUT2D eigenvalue weighted by molar-refractivity contribution is -0.122. The molecule has 0 radical (unpaired) electrons. The maximum atomic E-state index is 12.3. The molecule has 7 heteroatoms. The monoisotopic (exact) mass is 403 g/mol. The van der Waals surface area contributed by atoms with Crippen molar-refractivity contribution in [2.45, 2.75) is 48.8 Å². The van der Waals surface area contributed by atoms with E-state index in [0.717, 1.165) is 37.2 Å². The summed E-state index contributed by atoms with van der Waals surface area (Å²) in [6.45, 7) is 2.19. The second kappa shape index (κ2) is 8.84. The van der Waals surface area contributed by atoms with Crippen LogP contribution in [0.1, 0.15) is 25.7 Å². The summed E-state index contributed by atoms with van der Waals surface area (Å²) in [7, 11) is 0. The highest BCUT2D eigenvalue weighted by molar-refractivity contribution is 8.00. The Balaban J connectivity index is 1.23. The Labute approximate surface area is 170 Å². The first-order valence-corrected chi connectivity index (χ1v) is 11.2. The third-order valence-electron chi connectivity index (χ3n) is 5.99. The smallest absolute Gasteiger partial charge is 0.234 e. The van der Waals surface area contributed by atoms with Gasteiger partial charge in [-0.3, -0.25) is 14.5 Å². The molecule has 0 unspecified atom stereocenters. The van der Waals surface area contributed by atoms with Crippen LogP contribution in [-0.4, -0.2) is 65.4 Å². The molecule has 2 saturated carbocycles. The Morgan fingerprint density at radius 1 is 1.04 bits per heavy atom. The zero-order valence-electron chi connectivity index (χ0n) is 16.0. The van der Waals surface area contributed by atoms with Crippen LogP contribution in [0, 0.1) is 11.8 Å². The fourth-order valence-electron chi connectivity index (χ4n) is 4.43. The lowest BCUT2D eigenvalue weighted by atomic mass is 9.77. The quantitative estimate of drug-likeness (QED) is 0.597. The van der Waals surface area contributed by atoms with Gasteiger partial charge >= 0.3 is 0 Å². The molecule has 1 saturated heterocycles.